The van der Waals surface area contributed by atoms with Crippen molar-refractivity contribution in [3.05, 3.63) is 53.1 Å². The number of halogens is 1. The SMILES string of the molecule is CCC(=O)NC(=S)Nc1ccc(NC(=O)c2cc(Cl)ccc2OC)cc1. The molecular weight excluding hydrogens is 374 g/mol. The van der Waals surface area contributed by atoms with Crippen molar-refractivity contribution in [1.82, 2.24) is 5.32 Å². The minimum absolute atomic E-state index is 0.165. The van der Waals surface area contributed by atoms with E-state index in [-0.39, 0.29) is 16.9 Å². The Kier molecular flexibility index (Phi) is 6.94. The number of thiocarbonyl (C=S) groups is 1. The third-order valence-corrected chi connectivity index (χ3v) is 3.82. The molecule has 136 valence electrons. The zero-order valence-corrected chi connectivity index (χ0v) is 15.8. The molecule has 0 bridgehead atoms. The van der Waals surface area contributed by atoms with E-state index in [1.165, 1.54) is 7.11 Å². The second-order valence-corrected chi connectivity index (χ2v) is 6.08. The normalized spacial score (nSPS) is 9.96. The number of hydrogen-bond donors (Lipinski definition) is 3. The largest absolute Gasteiger partial charge is 0.496 e. The molecule has 0 aliphatic carbocycles. The van der Waals surface area contributed by atoms with Crippen molar-refractivity contribution in [3.8, 4) is 5.75 Å². The number of nitrogens with one attached hydrogen (secondary N) is 3. The van der Waals surface area contributed by atoms with E-state index in [1.807, 2.05) is 0 Å². The van der Waals surface area contributed by atoms with Gasteiger partial charge in [-0.15, -0.1) is 0 Å². The summed E-state index contributed by atoms with van der Waals surface area (Å²) in [6.07, 6.45) is 0.347. The number of ether oxygens (including phenoxy) is 1. The van der Waals surface area contributed by atoms with Crippen LogP contribution in [0.15, 0.2) is 42.5 Å². The van der Waals surface area contributed by atoms with Gasteiger partial charge in [0.15, 0.2) is 5.11 Å². The molecule has 6 nitrogen and oxygen atoms in total. The average Bonchev–Trinajstić information content (AvgIpc) is 2.63. The molecule has 0 radical (unpaired) electrons. The van der Waals surface area contributed by atoms with Crippen LogP contribution in [0, 0.1) is 0 Å². The van der Waals surface area contributed by atoms with Crippen LogP contribution in [0.4, 0.5) is 11.4 Å². The van der Waals surface area contributed by atoms with Gasteiger partial charge in [0.2, 0.25) is 5.91 Å². The molecule has 0 aliphatic heterocycles. The Hall–Kier alpha value is -2.64. The van der Waals surface area contributed by atoms with Gasteiger partial charge in [-0.3, -0.25) is 9.59 Å². The molecule has 0 aliphatic rings. The summed E-state index contributed by atoms with van der Waals surface area (Å²) in [4.78, 5) is 23.7. The molecule has 0 unspecified atom stereocenters. The molecule has 2 aromatic rings. The molecule has 0 saturated heterocycles. The molecule has 2 aromatic carbocycles. The Morgan fingerprint density at radius 2 is 1.69 bits per heavy atom. The first-order chi connectivity index (χ1) is 12.4. The molecule has 26 heavy (non-hydrogen) atoms. The fourth-order valence-electron chi connectivity index (χ4n) is 2.07. The third-order valence-electron chi connectivity index (χ3n) is 3.38. The second kappa shape index (κ2) is 9.17. The molecule has 8 heteroatoms. The highest BCUT2D eigenvalue weighted by molar-refractivity contribution is 7.80. The Morgan fingerprint density at radius 3 is 2.27 bits per heavy atom. The van der Waals surface area contributed by atoms with Crippen LogP contribution in [-0.4, -0.2) is 24.0 Å². The monoisotopic (exact) mass is 391 g/mol. The molecule has 2 rings (SSSR count). The molecular formula is C18H18ClN3O3S. The van der Waals surface area contributed by atoms with Crippen molar-refractivity contribution < 1.29 is 14.3 Å². The number of carbonyl (C=O) groups excluding carboxylic acids is 2. The smallest absolute Gasteiger partial charge is 0.259 e. The summed E-state index contributed by atoms with van der Waals surface area (Å²) in [5.74, 6) is -0.0696. The highest BCUT2D eigenvalue weighted by atomic mass is 35.5. The van der Waals surface area contributed by atoms with Gasteiger partial charge in [0.1, 0.15) is 5.75 Å². The predicted molar refractivity (Wildman–Crippen MR) is 107 cm³/mol. The Labute approximate surface area is 161 Å². The Balaban J connectivity index is 2.03. The van der Waals surface area contributed by atoms with E-state index in [4.69, 9.17) is 28.6 Å². The minimum atomic E-state index is -0.337. The van der Waals surface area contributed by atoms with Crippen molar-refractivity contribution in [3.63, 3.8) is 0 Å². The van der Waals surface area contributed by atoms with Crippen LogP contribution in [0.25, 0.3) is 0 Å². The fraction of sp³-hybridized carbons (Fsp3) is 0.167. The maximum atomic E-state index is 12.4. The number of anilines is 2. The zero-order valence-electron chi connectivity index (χ0n) is 14.3. The number of rotatable bonds is 5. The van der Waals surface area contributed by atoms with Gasteiger partial charge in [0.25, 0.3) is 5.91 Å². The van der Waals surface area contributed by atoms with Gasteiger partial charge < -0.3 is 20.7 Å². The second-order valence-electron chi connectivity index (χ2n) is 5.23. The summed E-state index contributed by atoms with van der Waals surface area (Å²) in [6.45, 7) is 1.74. The molecule has 0 saturated carbocycles. The first-order valence-electron chi connectivity index (χ1n) is 7.78. The Morgan fingerprint density at radius 1 is 1.08 bits per heavy atom. The van der Waals surface area contributed by atoms with Crippen molar-refractivity contribution in [2.75, 3.05) is 17.7 Å². The molecule has 2 amide bonds. The number of hydrogen-bond acceptors (Lipinski definition) is 4. The van der Waals surface area contributed by atoms with Gasteiger partial charge >= 0.3 is 0 Å². The third kappa shape index (κ3) is 5.44. The van der Waals surface area contributed by atoms with Crippen LogP contribution < -0.4 is 20.7 Å². The molecule has 3 N–H and O–H groups in total. The lowest BCUT2D eigenvalue weighted by Gasteiger charge is -2.11. The molecule has 0 fully saturated rings. The van der Waals surface area contributed by atoms with E-state index in [9.17, 15) is 9.59 Å². The first kappa shape index (κ1) is 19.7. The van der Waals surface area contributed by atoms with Gasteiger partial charge in [-0.1, -0.05) is 18.5 Å². The predicted octanol–water partition coefficient (Wildman–Crippen LogP) is 3.82. The summed E-state index contributed by atoms with van der Waals surface area (Å²) in [7, 11) is 1.49. The van der Waals surface area contributed by atoms with E-state index in [2.05, 4.69) is 16.0 Å². The first-order valence-corrected chi connectivity index (χ1v) is 8.57. The van der Waals surface area contributed by atoms with Crippen molar-refractivity contribution in [2.24, 2.45) is 0 Å². The summed E-state index contributed by atoms with van der Waals surface area (Å²) in [6, 6.07) is 11.7. The number of carbonyl (C=O) groups is 2. The summed E-state index contributed by atoms with van der Waals surface area (Å²) < 4.78 is 5.18. The van der Waals surface area contributed by atoms with Crippen LogP contribution in [-0.2, 0) is 4.79 Å². The number of benzene rings is 2. The molecule has 0 heterocycles. The van der Waals surface area contributed by atoms with Crippen LogP contribution in [0.2, 0.25) is 5.02 Å². The van der Waals surface area contributed by atoms with Crippen LogP contribution in [0.1, 0.15) is 23.7 Å². The standard InChI is InChI=1S/C18H18ClN3O3S/c1-3-16(23)22-18(26)21-13-7-5-12(6-8-13)20-17(24)14-10-11(19)4-9-15(14)25-2/h4-10H,3H2,1-2H3,(H,20,24)(H2,21,22,23,26). The maximum absolute atomic E-state index is 12.4. The van der Waals surface area contributed by atoms with E-state index >= 15 is 0 Å². The van der Waals surface area contributed by atoms with Gasteiger partial charge in [0.05, 0.1) is 12.7 Å². The van der Waals surface area contributed by atoms with Gasteiger partial charge in [-0.2, -0.15) is 0 Å². The van der Waals surface area contributed by atoms with E-state index in [1.54, 1.807) is 49.4 Å². The average molecular weight is 392 g/mol. The summed E-state index contributed by atoms with van der Waals surface area (Å²) in [5.41, 5.74) is 1.61. The lowest BCUT2D eigenvalue weighted by atomic mass is 10.1. The van der Waals surface area contributed by atoms with Gasteiger partial charge in [-0.25, -0.2) is 0 Å². The minimum Gasteiger partial charge on any atom is -0.496 e. The molecule has 0 atom stereocenters. The summed E-state index contributed by atoms with van der Waals surface area (Å²) in [5, 5.41) is 8.88. The highest BCUT2D eigenvalue weighted by Gasteiger charge is 2.13. The van der Waals surface area contributed by atoms with Crippen LogP contribution in [0.5, 0.6) is 5.75 Å². The van der Waals surface area contributed by atoms with Crippen LogP contribution >= 0.6 is 23.8 Å². The van der Waals surface area contributed by atoms with E-state index in [0.29, 0.717) is 34.1 Å². The topological polar surface area (TPSA) is 79.5 Å². The number of amides is 2. The van der Waals surface area contributed by atoms with Crippen molar-refractivity contribution in [1.29, 1.82) is 0 Å². The zero-order chi connectivity index (χ0) is 19.1. The Bertz CT molecular complexity index is 825. The lowest BCUT2D eigenvalue weighted by molar-refractivity contribution is -0.119. The van der Waals surface area contributed by atoms with Crippen molar-refractivity contribution >= 4 is 52.1 Å². The fourth-order valence-corrected chi connectivity index (χ4v) is 2.47. The quantitative estimate of drug-likeness (QED) is 0.675. The molecule has 0 spiro atoms. The van der Waals surface area contributed by atoms with E-state index in [0.717, 1.165) is 0 Å². The maximum Gasteiger partial charge on any atom is 0.259 e. The van der Waals surface area contributed by atoms with Crippen molar-refractivity contribution in [2.45, 2.75) is 13.3 Å². The van der Waals surface area contributed by atoms with E-state index < -0.39 is 0 Å². The number of methoxy groups -OCH3 is 1. The summed E-state index contributed by atoms with van der Waals surface area (Å²) >= 11 is 11.0. The van der Waals surface area contributed by atoms with Gasteiger partial charge in [-0.05, 0) is 54.7 Å². The lowest BCUT2D eigenvalue weighted by Crippen LogP contribution is -2.33. The molecule has 0 aromatic heterocycles. The highest BCUT2D eigenvalue weighted by Crippen LogP contribution is 2.24. The van der Waals surface area contributed by atoms with Gasteiger partial charge in [0, 0.05) is 22.8 Å². The van der Waals surface area contributed by atoms with Crippen LogP contribution in [0.3, 0.4) is 0 Å².